The predicted octanol–water partition coefficient (Wildman–Crippen LogP) is 5.85. The van der Waals surface area contributed by atoms with Gasteiger partial charge in [0.2, 0.25) is 5.91 Å². The SMILES string of the molecule is C=CC(=O)N1Cc2sc(C)cc2[C@H](c2ccccc2-c2cn(Cc3ccccn3)nc2C(F)(P)P)C1. The van der Waals surface area contributed by atoms with E-state index in [2.05, 4.69) is 54.2 Å². The molecule has 0 saturated heterocycles. The summed E-state index contributed by atoms with van der Waals surface area (Å²) in [6.07, 6.45) is 5.00. The van der Waals surface area contributed by atoms with Crippen molar-refractivity contribution in [1.82, 2.24) is 19.7 Å². The first-order chi connectivity index (χ1) is 17.2. The Bertz CT molecular complexity index is 1430. The highest BCUT2D eigenvalue weighted by atomic mass is 32.1. The lowest BCUT2D eigenvalue weighted by Gasteiger charge is -2.33. The van der Waals surface area contributed by atoms with E-state index in [1.54, 1.807) is 22.2 Å². The smallest absolute Gasteiger partial charge is 0.246 e. The van der Waals surface area contributed by atoms with E-state index in [1.165, 1.54) is 21.4 Å². The molecule has 0 bridgehead atoms. The summed E-state index contributed by atoms with van der Waals surface area (Å²) in [5.74, 6) is -0.135. The number of alkyl halides is 1. The number of aromatic nitrogens is 3. The standard InChI is InChI=1S/C27H27FN4OP2S/c1-3-25(33)31-14-22(21-12-17(2)36-24(21)16-31)19-9-4-5-10-20(19)23-15-32(30-26(23)27(28,34)35)13-18-8-6-7-11-29-18/h3-12,15,22H,1,13-14,16,34-35H2,2H3/t22-/m0/s1. The molecule has 3 atom stereocenters. The Morgan fingerprint density at radius 1 is 1.22 bits per heavy atom. The van der Waals surface area contributed by atoms with Gasteiger partial charge < -0.3 is 4.90 Å². The Labute approximate surface area is 218 Å². The topological polar surface area (TPSA) is 51.0 Å². The van der Waals surface area contributed by atoms with Gasteiger partial charge in [-0.1, -0.05) is 55.4 Å². The molecule has 0 N–H and O–H groups in total. The molecule has 0 radical (unpaired) electrons. The second-order valence-electron chi connectivity index (χ2n) is 8.98. The van der Waals surface area contributed by atoms with E-state index in [0.717, 1.165) is 22.4 Å². The number of fused-ring (bicyclic) bond motifs is 1. The summed E-state index contributed by atoms with van der Waals surface area (Å²) in [6, 6.07) is 16.0. The lowest BCUT2D eigenvalue weighted by atomic mass is 9.83. The molecule has 4 heterocycles. The highest BCUT2D eigenvalue weighted by Gasteiger charge is 2.34. The van der Waals surface area contributed by atoms with Crippen molar-refractivity contribution in [2.45, 2.75) is 31.1 Å². The monoisotopic (exact) mass is 536 g/mol. The molecule has 2 unspecified atom stereocenters. The molecule has 184 valence electrons. The number of pyridine rings is 1. The van der Waals surface area contributed by atoms with Gasteiger partial charge in [-0.15, -0.1) is 11.3 Å². The molecule has 1 amide bonds. The maximum Gasteiger partial charge on any atom is 0.246 e. The Hall–Kier alpha value is -2.72. The van der Waals surface area contributed by atoms with Crippen LogP contribution in [-0.4, -0.2) is 32.1 Å². The van der Waals surface area contributed by atoms with Crippen LogP contribution < -0.4 is 0 Å². The van der Waals surface area contributed by atoms with Crippen molar-refractivity contribution in [3.63, 3.8) is 0 Å². The van der Waals surface area contributed by atoms with Crippen LogP contribution >= 0.6 is 29.8 Å². The molecule has 0 aliphatic carbocycles. The number of aryl methyl sites for hydroxylation is 1. The van der Waals surface area contributed by atoms with E-state index >= 15 is 4.39 Å². The Balaban J connectivity index is 1.63. The van der Waals surface area contributed by atoms with E-state index in [-0.39, 0.29) is 11.8 Å². The van der Waals surface area contributed by atoms with Crippen LogP contribution in [-0.2, 0) is 23.0 Å². The molecule has 5 rings (SSSR count). The van der Waals surface area contributed by atoms with Gasteiger partial charge in [-0.25, -0.2) is 4.39 Å². The van der Waals surface area contributed by atoms with Crippen LogP contribution in [0.3, 0.4) is 0 Å². The van der Waals surface area contributed by atoms with Gasteiger partial charge in [-0.05, 0) is 47.9 Å². The number of carbonyl (C=O) groups excluding carboxylic acids is 1. The molecular formula is C27H27FN4OP2S. The van der Waals surface area contributed by atoms with E-state index in [1.807, 2.05) is 47.5 Å². The van der Waals surface area contributed by atoms with E-state index < -0.39 is 5.15 Å². The Morgan fingerprint density at radius 3 is 2.72 bits per heavy atom. The van der Waals surface area contributed by atoms with Crippen molar-refractivity contribution < 1.29 is 9.18 Å². The minimum absolute atomic E-state index is 0.0474. The normalized spacial score (nSPS) is 15.6. The fourth-order valence-electron chi connectivity index (χ4n) is 4.81. The molecule has 1 aliphatic rings. The number of carbonyl (C=O) groups is 1. The zero-order chi connectivity index (χ0) is 25.4. The van der Waals surface area contributed by atoms with Crippen LogP contribution in [0, 0.1) is 6.92 Å². The van der Waals surface area contributed by atoms with Gasteiger partial charge in [0.1, 0.15) is 5.69 Å². The van der Waals surface area contributed by atoms with Crippen LogP contribution in [0.15, 0.2) is 73.6 Å². The van der Waals surface area contributed by atoms with Crippen LogP contribution in [0.2, 0.25) is 0 Å². The van der Waals surface area contributed by atoms with Crippen LogP contribution in [0.5, 0.6) is 0 Å². The van der Waals surface area contributed by atoms with Gasteiger partial charge in [0.25, 0.3) is 0 Å². The van der Waals surface area contributed by atoms with Gasteiger partial charge in [0.05, 0.1) is 18.8 Å². The first-order valence-corrected chi connectivity index (χ1v) is 13.6. The van der Waals surface area contributed by atoms with Gasteiger partial charge in [0, 0.05) is 40.2 Å². The summed E-state index contributed by atoms with van der Waals surface area (Å²) in [6.45, 7) is 7.32. The number of halogens is 1. The van der Waals surface area contributed by atoms with Crippen molar-refractivity contribution in [1.29, 1.82) is 0 Å². The van der Waals surface area contributed by atoms with Crippen molar-refractivity contribution in [2.75, 3.05) is 6.54 Å². The third-order valence-electron chi connectivity index (χ3n) is 6.37. The number of rotatable bonds is 6. The van der Waals surface area contributed by atoms with E-state index in [9.17, 15) is 4.79 Å². The second-order valence-corrected chi connectivity index (χ2v) is 12.7. The Morgan fingerprint density at radius 2 is 2.00 bits per heavy atom. The quantitative estimate of drug-likeness (QED) is 0.229. The zero-order valence-corrected chi connectivity index (χ0v) is 23.0. The molecular weight excluding hydrogens is 509 g/mol. The van der Waals surface area contributed by atoms with E-state index in [4.69, 9.17) is 0 Å². The summed E-state index contributed by atoms with van der Waals surface area (Å²) in [7, 11) is 4.48. The molecule has 0 fully saturated rings. The largest absolute Gasteiger partial charge is 0.333 e. The third-order valence-corrected chi connectivity index (χ3v) is 7.96. The lowest BCUT2D eigenvalue weighted by molar-refractivity contribution is -0.127. The molecule has 4 aromatic rings. The summed E-state index contributed by atoms with van der Waals surface area (Å²) >= 11 is 1.72. The maximum absolute atomic E-state index is 15.4. The molecule has 5 nitrogen and oxygen atoms in total. The zero-order valence-electron chi connectivity index (χ0n) is 19.9. The summed E-state index contributed by atoms with van der Waals surface area (Å²) in [5, 5.41) is 2.82. The summed E-state index contributed by atoms with van der Waals surface area (Å²) in [4.78, 5) is 21.2. The minimum atomic E-state index is -1.81. The van der Waals surface area contributed by atoms with Crippen molar-refractivity contribution in [3.8, 4) is 11.1 Å². The summed E-state index contributed by atoms with van der Waals surface area (Å²) < 4.78 is 17.2. The Kier molecular flexibility index (Phi) is 6.91. The first kappa shape index (κ1) is 25.0. The van der Waals surface area contributed by atoms with Crippen LogP contribution in [0.25, 0.3) is 11.1 Å². The third kappa shape index (κ3) is 4.93. The number of thiophene rings is 1. The summed E-state index contributed by atoms with van der Waals surface area (Å²) in [5.41, 5.74) is 5.04. The molecule has 0 spiro atoms. The van der Waals surface area contributed by atoms with Gasteiger partial charge in [-0.3, -0.25) is 14.5 Å². The van der Waals surface area contributed by atoms with Crippen molar-refractivity contribution in [2.24, 2.45) is 0 Å². The van der Waals surface area contributed by atoms with E-state index in [0.29, 0.717) is 25.3 Å². The highest BCUT2D eigenvalue weighted by molar-refractivity contribution is 7.38. The van der Waals surface area contributed by atoms with Crippen molar-refractivity contribution in [3.05, 3.63) is 106 Å². The molecule has 1 aliphatic heterocycles. The lowest BCUT2D eigenvalue weighted by Crippen LogP contribution is -2.37. The predicted molar refractivity (Wildman–Crippen MR) is 150 cm³/mol. The average molecular weight is 537 g/mol. The van der Waals surface area contributed by atoms with Gasteiger partial charge in [0.15, 0.2) is 5.15 Å². The number of benzene rings is 1. The number of hydrogen-bond acceptors (Lipinski definition) is 4. The second kappa shape index (κ2) is 9.97. The molecule has 1 aromatic carbocycles. The molecule has 9 heteroatoms. The van der Waals surface area contributed by atoms with Gasteiger partial charge >= 0.3 is 0 Å². The number of nitrogens with zero attached hydrogens (tertiary/aromatic N) is 4. The van der Waals surface area contributed by atoms with Crippen LogP contribution in [0.4, 0.5) is 4.39 Å². The minimum Gasteiger partial charge on any atom is -0.333 e. The highest BCUT2D eigenvalue weighted by Crippen LogP contribution is 2.47. The van der Waals surface area contributed by atoms with Crippen LogP contribution in [0.1, 0.15) is 38.2 Å². The molecule has 0 saturated carbocycles. The number of hydrogen-bond donors (Lipinski definition) is 0. The maximum atomic E-state index is 15.4. The molecule has 36 heavy (non-hydrogen) atoms. The van der Waals surface area contributed by atoms with Crippen molar-refractivity contribution >= 4 is 35.7 Å². The van der Waals surface area contributed by atoms with Gasteiger partial charge in [-0.2, -0.15) is 5.10 Å². The fourth-order valence-corrected chi connectivity index (χ4v) is 6.35. The number of amides is 1. The fraction of sp³-hybridized carbons (Fsp3) is 0.222. The average Bonchev–Trinajstić information content (AvgIpc) is 3.46. The molecule has 3 aromatic heterocycles. The first-order valence-electron chi connectivity index (χ1n) is 11.6.